The van der Waals surface area contributed by atoms with E-state index in [-0.39, 0.29) is 11.8 Å². The zero-order valence-corrected chi connectivity index (χ0v) is 12.8. The third kappa shape index (κ3) is 4.03. The smallest absolute Gasteiger partial charge is 0.337 e. The summed E-state index contributed by atoms with van der Waals surface area (Å²) < 4.78 is 30.8. The molecule has 7 heteroatoms. The number of hydrogen-bond acceptors (Lipinski definition) is 5. The first-order valence-electron chi connectivity index (χ1n) is 6.83. The Labute approximate surface area is 124 Å². The molecule has 0 saturated carbocycles. The zero-order valence-electron chi connectivity index (χ0n) is 12.0. The van der Waals surface area contributed by atoms with Crippen LogP contribution in [0.1, 0.15) is 28.8 Å². The molecule has 0 unspecified atom stereocenters. The maximum Gasteiger partial charge on any atom is 0.337 e. The molecule has 1 aromatic rings. The lowest BCUT2D eigenvalue weighted by Crippen LogP contribution is -2.43. The van der Waals surface area contributed by atoms with Crippen molar-refractivity contribution in [3.63, 3.8) is 0 Å². The molecule has 0 spiro atoms. The van der Waals surface area contributed by atoms with Crippen LogP contribution in [0, 0.1) is 0 Å². The van der Waals surface area contributed by atoms with Gasteiger partial charge in [-0.25, -0.2) is 17.5 Å². The van der Waals surface area contributed by atoms with E-state index in [1.807, 2.05) is 0 Å². The van der Waals surface area contributed by atoms with E-state index in [1.165, 1.54) is 11.4 Å². The second-order valence-corrected chi connectivity index (χ2v) is 7.15. The average Bonchev–Trinajstić information content (AvgIpc) is 2.47. The van der Waals surface area contributed by atoms with Crippen molar-refractivity contribution >= 4 is 16.0 Å². The van der Waals surface area contributed by atoms with Crippen molar-refractivity contribution in [2.45, 2.75) is 24.6 Å². The maximum absolute atomic E-state index is 12.3. The molecule has 1 fully saturated rings. The number of methoxy groups -OCH3 is 1. The van der Waals surface area contributed by atoms with Crippen LogP contribution in [0.4, 0.5) is 0 Å². The van der Waals surface area contributed by atoms with Gasteiger partial charge in [-0.1, -0.05) is 12.1 Å². The molecule has 1 aromatic carbocycles. The van der Waals surface area contributed by atoms with Gasteiger partial charge < -0.3 is 10.5 Å². The van der Waals surface area contributed by atoms with Crippen LogP contribution in [-0.2, 0) is 20.5 Å². The fourth-order valence-corrected chi connectivity index (χ4v) is 3.87. The third-order valence-electron chi connectivity index (χ3n) is 3.62. The van der Waals surface area contributed by atoms with Crippen LogP contribution < -0.4 is 5.73 Å². The topological polar surface area (TPSA) is 89.7 Å². The van der Waals surface area contributed by atoms with Crippen LogP contribution in [0.15, 0.2) is 24.3 Å². The van der Waals surface area contributed by atoms with Crippen molar-refractivity contribution < 1.29 is 17.9 Å². The number of sulfonamides is 1. The normalized spacial score (nSPS) is 17.6. The molecule has 0 aromatic heterocycles. The molecule has 1 saturated heterocycles. The highest BCUT2D eigenvalue weighted by atomic mass is 32.2. The van der Waals surface area contributed by atoms with Crippen molar-refractivity contribution in [2.75, 3.05) is 20.2 Å². The Hall–Kier alpha value is -1.44. The molecule has 0 radical (unpaired) electrons. The molecule has 2 N–H and O–H groups in total. The number of nitrogens with two attached hydrogens (primary N) is 1. The lowest BCUT2D eigenvalue weighted by molar-refractivity contribution is 0.0600. The molecule has 0 bridgehead atoms. The Bertz CT molecular complexity index is 590. The predicted molar refractivity (Wildman–Crippen MR) is 79.2 cm³/mol. The largest absolute Gasteiger partial charge is 0.465 e. The van der Waals surface area contributed by atoms with Crippen LogP contribution in [0.5, 0.6) is 0 Å². The summed E-state index contributed by atoms with van der Waals surface area (Å²) in [5.74, 6) is -0.502. The van der Waals surface area contributed by atoms with Crippen molar-refractivity contribution in [1.29, 1.82) is 0 Å². The first-order valence-corrected chi connectivity index (χ1v) is 8.44. The second-order valence-electron chi connectivity index (χ2n) is 5.18. The SMILES string of the molecule is COC(=O)c1ccc(CS(=O)(=O)N2CCC(N)CC2)cc1. The summed E-state index contributed by atoms with van der Waals surface area (Å²) in [5.41, 5.74) is 6.84. The van der Waals surface area contributed by atoms with Gasteiger partial charge in [0.2, 0.25) is 10.0 Å². The minimum absolute atomic E-state index is 0.0658. The van der Waals surface area contributed by atoms with Crippen LogP contribution in [-0.4, -0.2) is 44.9 Å². The number of piperidine rings is 1. The van der Waals surface area contributed by atoms with Gasteiger partial charge in [0.05, 0.1) is 18.4 Å². The number of esters is 1. The van der Waals surface area contributed by atoms with Crippen LogP contribution in [0.25, 0.3) is 0 Å². The van der Waals surface area contributed by atoms with E-state index in [0.29, 0.717) is 37.1 Å². The van der Waals surface area contributed by atoms with E-state index < -0.39 is 16.0 Å². The minimum atomic E-state index is -3.34. The number of carbonyl (C=O) groups is 1. The van der Waals surface area contributed by atoms with Crippen molar-refractivity contribution in [3.8, 4) is 0 Å². The van der Waals surface area contributed by atoms with Gasteiger partial charge in [-0.3, -0.25) is 0 Å². The van der Waals surface area contributed by atoms with Gasteiger partial charge >= 0.3 is 5.97 Å². The molecule has 0 aliphatic carbocycles. The summed E-state index contributed by atoms with van der Waals surface area (Å²) >= 11 is 0. The van der Waals surface area contributed by atoms with Crippen LogP contribution in [0.3, 0.4) is 0 Å². The molecule has 1 aliphatic heterocycles. The molecule has 0 atom stereocenters. The summed E-state index contributed by atoms with van der Waals surface area (Å²) in [4.78, 5) is 11.3. The first-order chi connectivity index (χ1) is 9.92. The lowest BCUT2D eigenvalue weighted by atomic mass is 10.1. The number of hydrogen-bond donors (Lipinski definition) is 1. The molecule has 21 heavy (non-hydrogen) atoms. The quantitative estimate of drug-likeness (QED) is 0.828. The molecule has 116 valence electrons. The summed E-state index contributed by atoms with van der Waals surface area (Å²) in [7, 11) is -2.03. The van der Waals surface area contributed by atoms with Crippen LogP contribution in [0.2, 0.25) is 0 Å². The molecule has 6 nitrogen and oxygen atoms in total. The molecule has 1 aliphatic rings. The molecular weight excluding hydrogens is 292 g/mol. The van der Waals surface area contributed by atoms with Gasteiger partial charge in [-0.2, -0.15) is 0 Å². The fraction of sp³-hybridized carbons (Fsp3) is 0.500. The van der Waals surface area contributed by atoms with Crippen molar-refractivity contribution in [2.24, 2.45) is 5.73 Å². The van der Waals surface area contributed by atoms with E-state index in [1.54, 1.807) is 24.3 Å². The van der Waals surface area contributed by atoms with Gasteiger partial charge in [-0.15, -0.1) is 0 Å². The standard InChI is InChI=1S/C14H20N2O4S/c1-20-14(17)12-4-2-11(3-5-12)10-21(18,19)16-8-6-13(15)7-9-16/h2-5,13H,6-10,15H2,1H3. The molecule has 1 heterocycles. The van der Waals surface area contributed by atoms with E-state index in [4.69, 9.17) is 5.73 Å². The summed E-state index contributed by atoms with van der Waals surface area (Å²) in [5, 5.41) is 0. The summed E-state index contributed by atoms with van der Waals surface area (Å²) in [6.07, 6.45) is 1.39. The zero-order chi connectivity index (χ0) is 15.5. The highest BCUT2D eigenvalue weighted by Crippen LogP contribution is 2.17. The van der Waals surface area contributed by atoms with Gasteiger partial charge in [0.15, 0.2) is 0 Å². The predicted octanol–water partition coefficient (Wildman–Crippen LogP) is 0.726. The van der Waals surface area contributed by atoms with Crippen LogP contribution >= 0.6 is 0 Å². The van der Waals surface area contributed by atoms with Crippen molar-refractivity contribution in [3.05, 3.63) is 35.4 Å². The number of nitrogens with zero attached hydrogens (tertiary/aromatic N) is 1. The molecule has 0 amide bonds. The monoisotopic (exact) mass is 312 g/mol. The third-order valence-corrected chi connectivity index (χ3v) is 5.47. The van der Waals surface area contributed by atoms with Gasteiger partial charge in [0, 0.05) is 19.1 Å². The van der Waals surface area contributed by atoms with Gasteiger partial charge in [0.1, 0.15) is 0 Å². The fourth-order valence-electron chi connectivity index (χ4n) is 2.31. The minimum Gasteiger partial charge on any atom is -0.465 e. The Balaban J connectivity index is 2.05. The average molecular weight is 312 g/mol. The van der Waals surface area contributed by atoms with E-state index in [9.17, 15) is 13.2 Å². The highest BCUT2D eigenvalue weighted by molar-refractivity contribution is 7.88. The number of ether oxygens (including phenoxy) is 1. The van der Waals surface area contributed by atoms with E-state index in [0.717, 1.165) is 0 Å². The Morgan fingerprint density at radius 1 is 1.29 bits per heavy atom. The number of rotatable bonds is 4. The molecule has 2 rings (SSSR count). The Morgan fingerprint density at radius 2 is 1.86 bits per heavy atom. The van der Waals surface area contributed by atoms with E-state index in [2.05, 4.69) is 4.74 Å². The van der Waals surface area contributed by atoms with E-state index >= 15 is 0 Å². The Morgan fingerprint density at radius 3 is 2.38 bits per heavy atom. The summed E-state index contributed by atoms with van der Waals surface area (Å²) in [6.45, 7) is 0.952. The summed E-state index contributed by atoms with van der Waals surface area (Å²) in [6, 6.07) is 6.51. The number of carbonyl (C=O) groups excluding carboxylic acids is 1. The second kappa shape index (κ2) is 6.55. The number of benzene rings is 1. The van der Waals surface area contributed by atoms with Crippen molar-refractivity contribution in [1.82, 2.24) is 4.31 Å². The van der Waals surface area contributed by atoms with Gasteiger partial charge in [0.25, 0.3) is 0 Å². The Kier molecular flexibility index (Phi) is 4.97. The maximum atomic E-state index is 12.3. The molecular formula is C14H20N2O4S. The van der Waals surface area contributed by atoms with Gasteiger partial charge in [-0.05, 0) is 30.5 Å². The lowest BCUT2D eigenvalue weighted by Gasteiger charge is -2.29. The highest BCUT2D eigenvalue weighted by Gasteiger charge is 2.26. The first kappa shape index (κ1) is 15.9.